The van der Waals surface area contributed by atoms with Crippen LogP contribution in [-0.4, -0.2) is 11.0 Å². The maximum atomic E-state index is 6.03. The molecule has 1 aromatic carbocycles. The van der Waals surface area contributed by atoms with Gasteiger partial charge in [-0.25, -0.2) is 0 Å². The smallest absolute Gasteiger partial charge is 0.127 e. The summed E-state index contributed by atoms with van der Waals surface area (Å²) in [5.41, 5.74) is 4.22. The van der Waals surface area contributed by atoms with Gasteiger partial charge in [0.15, 0.2) is 0 Å². The van der Waals surface area contributed by atoms with E-state index in [0.717, 1.165) is 27.2 Å². The molecule has 20 heavy (non-hydrogen) atoms. The lowest BCUT2D eigenvalue weighted by Crippen LogP contribution is -2.16. The van der Waals surface area contributed by atoms with Crippen LogP contribution in [0.4, 0.5) is 0 Å². The molecule has 0 amide bonds. The number of hydrogen-bond acceptors (Lipinski definition) is 4. The Balaban J connectivity index is 1.75. The minimum Gasteiger partial charge on any atom is -0.487 e. The monoisotopic (exact) mass is 352 g/mol. The molecule has 3 nitrogen and oxygen atoms in total. The summed E-state index contributed by atoms with van der Waals surface area (Å²) in [6.45, 7) is 3.54. The van der Waals surface area contributed by atoms with Crippen molar-refractivity contribution < 1.29 is 4.74 Å². The summed E-state index contributed by atoms with van der Waals surface area (Å²) in [4.78, 5) is 5.23. The second-order valence-corrected chi connectivity index (χ2v) is 7.01. The molecule has 5 heteroatoms. The van der Waals surface area contributed by atoms with Gasteiger partial charge in [0.1, 0.15) is 12.4 Å². The minimum atomic E-state index is 0.587. The Morgan fingerprint density at radius 2 is 2.30 bits per heavy atom. The molecule has 1 heterocycles. The van der Waals surface area contributed by atoms with Crippen molar-refractivity contribution in [3.8, 4) is 5.75 Å². The van der Waals surface area contributed by atoms with Crippen LogP contribution in [0.3, 0.4) is 0 Å². The van der Waals surface area contributed by atoms with Gasteiger partial charge in [0.25, 0.3) is 0 Å². The van der Waals surface area contributed by atoms with Crippen LogP contribution in [0, 0.1) is 6.92 Å². The topological polar surface area (TPSA) is 34.1 Å². The molecule has 0 bridgehead atoms. The van der Waals surface area contributed by atoms with Gasteiger partial charge in [-0.3, -0.25) is 4.98 Å². The molecule has 1 aromatic heterocycles. The number of halogens is 1. The quantitative estimate of drug-likeness (QED) is 0.851. The Kier molecular flexibility index (Phi) is 4.38. The lowest BCUT2D eigenvalue weighted by molar-refractivity contribution is 0.303. The minimum absolute atomic E-state index is 0.587. The fourth-order valence-electron chi connectivity index (χ4n) is 2.14. The summed E-state index contributed by atoms with van der Waals surface area (Å²) in [6, 6.07) is 4.94. The molecule has 0 unspecified atom stereocenters. The number of hydrogen-bond donors (Lipinski definition) is 1. The van der Waals surface area contributed by atoms with Crippen LogP contribution in [0.2, 0.25) is 0 Å². The Bertz CT molecular complexity index is 582. The van der Waals surface area contributed by atoms with Crippen molar-refractivity contribution in [3.63, 3.8) is 0 Å². The van der Waals surface area contributed by atoms with Crippen molar-refractivity contribution in [1.82, 2.24) is 10.3 Å². The number of nitrogens with zero attached hydrogens (tertiary/aromatic N) is 1. The van der Waals surface area contributed by atoms with Gasteiger partial charge in [0.05, 0.1) is 10.4 Å². The van der Waals surface area contributed by atoms with E-state index in [-0.39, 0.29) is 0 Å². The SMILES string of the molecule is Cc1cc(Br)cc(CNC2CC2)c1OCc1cncs1. The fourth-order valence-corrected chi connectivity index (χ4v) is 3.26. The summed E-state index contributed by atoms with van der Waals surface area (Å²) >= 11 is 5.19. The number of aromatic nitrogens is 1. The molecule has 2 aromatic rings. The van der Waals surface area contributed by atoms with Gasteiger partial charge in [-0.15, -0.1) is 11.3 Å². The number of rotatable bonds is 6. The normalized spacial score (nSPS) is 14.5. The van der Waals surface area contributed by atoms with Crippen LogP contribution in [-0.2, 0) is 13.2 Å². The van der Waals surface area contributed by atoms with Gasteiger partial charge in [-0.05, 0) is 37.5 Å². The summed E-state index contributed by atoms with van der Waals surface area (Å²) in [6.07, 6.45) is 4.45. The van der Waals surface area contributed by atoms with Gasteiger partial charge < -0.3 is 10.1 Å². The first-order valence-corrected chi connectivity index (χ1v) is 8.42. The largest absolute Gasteiger partial charge is 0.487 e. The Morgan fingerprint density at radius 3 is 3.00 bits per heavy atom. The van der Waals surface area contributed by atoms with Crippen molar-refractivity contribution in [2.75, 3.05) is 0 Å². The van der Waals surface area contributed by atoms with E-state index in [9.17, 15) is 0 Å². The summed E-state index contributed by atoms with van der Waals surface area (Å²) in [5, 5.41) is 3.55. The molecule has 1 aliphatic rings. The lowest BCUT2D eigenvalue weighted by Gasteiger charge is -2.15. The highest BCUT2D eigenvalue weighted by Crippen LogP contribution is 2.30. The van der Waals surface area contributed by atoms with Crippen molar-refractivity contribution >= 4 is 27.3 Å². The van der Waals surface area contributed by atoms with Gasteiger partial charge in [-0.1, -0.05) is 15.9 Å². The zero-order chi connectivity index (χ0) is 13.9. The van der Waals surface area contributed by atoms with Gasteiger partial charge in [0.2, 0.25) is 0 Å². The zero-order valence-corrected chi connectivity index (χ0v) is 13.8. The maximum absolute atomic E-state index is 6.03. The predicted molar refractivity (Wildman–Crippen MR) is 85.2 cm³/mol. The van der Waals surface area contributed by atoms with E-state index in [2.05, 4.69) is 45.3 Å². The molecule has 1 fully saturated rings. The van der Waals surface area contributed by atoms with Crippen LogP contribution >= 0.6 is 27.3 Å². The predicted octanol–water partition coefficient (Wildman–Crippen LogP) is 4.05. The summed E-state index contributed by atoms with van der Waals surface area (Å²) in [7, 11) is 0. The molecule has 0 radical (unpaired) electrons. The van der Waals surface area contributed by atoms with Gasteiger partial charge >= 0.3 is 0 Å². The van der Waals surface area contributed by atoms with E-state index >= 15 is 0 Å². The average molecular weight is 353 g/mol. The van der Waals surface area contributed by atoms with E-state index in [0.29, 0.717) is 12.6 Å². The molecule has 0 atom stereocenters. The van der Waals surface area contributed by atoms with Crippen LogP contribution < -0.4 is 10.1 Å². The number of ether oxygens (including phenoxy) is 1. The third kappa shape index (κ3) is 3.59. The van der Waals surface area contributed by atoms with E-state index in [4.69, 9.17) is 4.74 Å². The molecule has 1 N–H and O–H groups in total. The van der Waals surface area contributed by atoms with Crippen molar-refractivity contribution in [1.29, 1.82) is 0 Å². The van der Waals surface area contributed by atoms with Crippen molar-refractivity contribution in [3.05, 3.63) is 44.3 Å². The standard InChI is InChI=1S/C15H17BrN2OS/c1-10-4-12(16)5-11(6-18-13-2-3-13)15(10)19-8-14-7-17-9-20-14/h4-5,7,9,13,18H,2-3,6,8H2,1H3. The number of nitrogens with one attached hydrogen (secondary N) is 1. The molecule has 0 saturated heterocycles. The molecular formula is C15H17BrN2OS. The third-order valence-electron chi connectivity index (χ3n) is 3.32. The molecule has 1 aliphatic carbocycles. The molecule has 0 spiro atoms. The summed E-state index contributed by atoms with van der Waals surface area (Å²) in [5.74, 6) is 0.995. The Labute approximate surface area is 131 Å². The second kappa shape index (κ2) is 6.24. The zero-order valence-electron chi connectivity index (χ0n) is 11.4. The van der Waals surface area contributed by atoms with Gasteiger partial charge in [-0.2, -0.15) is 0 Å². The van der Waals surface area contributed by atoms with Crippen molar-refractivity contribution in [2.24, 2.45) is 0 Å². The van der Waals surface area contributed by atoms with Crippen LogP contribution in [0.5, 0.6) is 5.75 Å². The first-order valence-electron chi connectivity index (χ1n) is 6.75. The summed E-state index contributed by atoms with van der Waals surface area (Å²) < 4.78 is 7.13. The Morgan fingerprint density at radius 1 is 1.45 bits per heavy atom. The maximum Gasteiger partial charge on any atom is 0.127 e. The van der Waals surface area contributed by atoms with Crippen LogP contribution in [0.15, 0.2) is 28.3 Å². The molecule has 106 valence electrons. The average Bonchev–Trinajstić information content (AvgIpc) is 3.10. The first-order chi connectivity index (χ1) is 9.72. The van der Waals surface area contributed by atoms with Crippen LogP contribution in [0.25, 0.3) is 0 Å². The van der Waals surface area contributed by atoms with E-state index in [1.54, 1.807) is 11.3 Å². The number of aryl methyl sites for hydroxylation is 1. The third-order valence-corrected chi connectivity index (χ3v) is 4.53. The molecule has 1 saturated carbocycles. The highest BCUT2D eigenvalue weighted by Gasteiger charge is 2.21. The van der Waals surface area contributed by atoms with E-state index in [1.807, 2.05) is 11.7 Å². The molecule has 0 aliphatic heterocycles. The van der Waals surface area contributed by atoms with Crippen molar-refractivity contribution in [2.45, 2.75) is 39.0 Å². The molecule has 3 rings (SSSR count). The number of benzene rings is 1. The lowest BCUT2D eigenvalue weighted by atomic mass is 10.1. The first kappa shape index (κ1) is 14.0. The van der Waals surface area contributed by atoms with Crippen LogP contribution in [0.1, 0.15) is 28.8 Å². The Hall–Kier alpha value is -0.910. The van der Waals surface area contributed by atoms with E-state index in [1.165, 1.54) is 18.4 Å². The second-order valence-electron chi connectivity index (χ2n) is 5.12. The fraction of sp³-hybridized carbons (Fsp3) is 0.400. The highest BCUT2D eigenvalue weighted by molar-refractivity contribution is 9.10. The molecular weight excluding hydrogens is 336 g/mol. The van der Waals surface area contributed by atoms with Gasteiger partial charge in [0, 0.05) is 28.8 Å². The van der Waals surface area contributed by atoms with E-state index < -0.39 is 0 Å². The number of thiazole rings is 1. The highest BCUT2D eigenvalue weighted by atomic mass is 79.9.